The summed E-state index contributed by atoms with van der Waals surface area (Å²) in [7, 11) is 1.85. The van der Waals surface area contributed by atoms with E-state index in [9.17, 15) is 4.79 Å². The summed E-state index contributed by atoms with van der Waals surface area (Å²) < 4.78 is 0. The van der Waals surface area contributed by atoms with Gasteiger partial charge in [0.15, 0.2) is 0 Å². The van der Waals surface area contributed by atoms with Gasteiger partial charge in [0.25, 0.3) is 0 Å². The van der Waals surface area contributed by atoms with Gasteiger partial charge in [-0.2, -0.15) is 0 Å². The zero-order chi connectivity index (χ0) is 13.9. The molecule has 104 valence electrons. The highest BCUT2D eigenvalue weighted by Gasteiger charge is 2.46. The standard InChI is InChI=1S/C15H21ClN2O/c1-3-4-11-18(2)14(19)17-15(9-10-15)12-5-7-13(16)8-6-12/h5-8H,3-4,9-11H2,1-2H3,(H,17,19). The number of hydrogen-bond donors (Lipinski definition) is 1. The van der Waals surface area contributed by atoms with Crippen LogP contribution in [0.5, 0.6) is 0 Å². The summed E-state index contributed by atoms with van der Waals surface area (Å²) >= 11 is 5.90. The average molecular weight is 281 g/mol. The Morgan fingerprint density at radius 3 is 2.53 bits per heavy atom. The second kappa shape index (κ2) is 5.83. The van der Waals surface area contributed by atoms with Gasteiger partial charge in [-0.1, -0.05) is 37.1 Å². The largest absolute Gasteiger partial charge is 0.328 e. The molecule has 2 amide bonds. The van der Waals surface area contributed by atoms with Crippen LogP contribution >= 0.6 is 11.6 Å². The summed E-state index contributed by atoms with van der Waals surface area (Å²) in [5, 5.41) is 3.88. The minimum Gasteiger partial charge on any atom is -0.328 e. The maximum Gasteiger partial charge on any atom is 0.317 e. The molecule has 1 aliphatic rings. The predicted octanol–water partition coefficient (Wildman–Crippen LogP) is 3.77. The number of amides is 2. The molecule has 0 aliphatic heterocycles. The number of unbranched alkanes of at least 4 members (excludes halogenated alkanes) is 1. The quantitative estimate of drug-likeness (QED) is 0.875. The fourth-order valence-corrected chi connectivity index (χ4v) is 2.30. The van der Waals surface area contributed by atoms with Crippen LogP contribution < -0.4 is 5.32 Å². The molecule has 0 bridgehead atoms. The third-order valence-electron chi connectivity index (χ3n) is 3.69. The first kappa shape index (κ1) is 14.2. The molecule has 0 unspecified atom stereocenters. The van der Waals surface area contributed by atoms with Crippen molar-refractivity contribution in [2.24, 2.45) is 0 Å². The molecule has 19 heavy (non-hydrogen) atoms. The van der Waals surface area contributed by atoms with E-state index in [1.807, 2.05) is 31.3 Å². The first-order valence-corrected chi connectivity index (χ1v) is 7.24. The highest BCUT2D eigenvalue weighted by atomic mass is 35.5. The number of benzene rings is 1. The monoisotopic (exact) mass is 280 g/mol. The Balaban J connectivity index is 1.98. The third-order valence-corrected chi connectivity index (χ3v) is 3.94. The first-order chi connectivity index (χ1) is 9.07. The number of hydrogen-bond acceptors (Lipinski definition) is 1. The SMILES string of the molecule is CCCCN(C)C(=O)NC1(c2ccc(Cl)cc2)CC1. The molecule has 1 aliphatic carbocycles. The van der Waals surface area contributed by atoms with Crippen LogP contribution in [-0.2, 0) is 5.54 Å². The first-order valence-electron chi connectivity index (χ1n) is 6.87. The van der Waals surface area contributed by atoms with Crippen molar-refractivity contribution in [1.29, 1.82) is 0 Å². The minimum absolute atomic E-state index is 0.0147. The Bertz CT molecular complexity index is 440. The lowest BCUT2D eigenvalue weighted by Gasteiger charge is -2.23. The van der Waals surface area contributed by atoms with Crippen LogP contribution in [0.1, 0.15) is 38.2 Å². The molecule has 4 heteroatoms. The van der Waals surface area contributed by atoms with E-state index in [0.717, 1.165) is 42.8 Å². The van der Waals surface area contributed by atoms with Gasteiger partial charge in [-0.05, 0) is 37.0 Å². The molecule has 0 spiro atoms. The average Bonchev–Trinajstić information content (AvgIpc) is 3.17. The molecule has 1 fully saturated rings. The molecule has 0 saturated heterocycles. The molecule has 0 atom stereocenters. The van der Waals surface area contributed by atoms with E-state index < -0.39 is 0 Å². The lowest BCUT2D eigenvalue weighted by molar-refractivity contribution is 0.202. The van der Waals surface area contributed by atoms with Crippen LogP contribution in [0.4, 0.5) is 4.79 Å². The van der Waals surface area contributed by atoms with E-state index >= 15 is 0 Å². The van der Waals surface area contributed by atoms with Crippen molar-refractivity contribution in [3.63, 3.8) is 0 Å². The van der Waals surface area contributed by atoms with Crippen LogP contribution in [0.25, 0.3) is 0 Å². The molecule has 1 aromatic rings. The van der Waals surface area contributed by atoms with E-state index in [1.165, 1.54) is 0 Å². The van der Waals surface area contributed by atoms with Gasteiger partial charge in [0.2, 0.25) is 0 Å². The maximum atomic E-state index is 12.1. The van der Waals surface area contributed by atoms with Gasteiger partial charge < -0.3 is 10.2 Å². The second-order valence-corrected chi connectivity index (χ2v) is 5.73. The van der Waals surface area contributed by atoms with Crippen molar-refractivity contribution in [3.05, 3.63) is 34.9 Å². The molecule has 0 radical (unpaired) electrons. The zero-order valence-corrected chi connectivity index (χ0v) is 12.3. The van der Waals surface area contributed by atoms with Crippen LogP contribution in [0.2, 0.25) is 5.02 Å². The topological polar surface area (TPSA) is 32.3 Å². The maximum absolute atomic E-state index is 12.1. The molecule has 1 N–H and O–H groups in total. The van der Waals surface area contributed by atoms with Crippen LogP contribution in [0.15, 0.2) is 24.3 Å². The number of carbonyl (C=O) groups excluding carboxylic acids is 1. The number of urea groups is 1. The Kier molecular flexibility index (Phi) is 4.35. The van der Waals surface area contributed by atoms with Crippen molar-refractivity contribution in [3.8, 4) is 0 Å². The molecule has 2 rings (SSSR count). The van der Waals surface area contributed by atoms with Gasteiger partial charge >= 0.3 is 6.03 Å². The Morgan fingerprint density at radius 2 is 2.00 bits per heavy atom. The van der Waals surface area contributed by atoms with Crippen molar-refractivity contribution in [2.45, 2.75) is 38.1 Å². The number of rotatable bonds is 5. The number of halogens is 1. The van der Waals surface area contributed by atoms with E-state index in [2.05, 4.69) is 12.2 Å². The summed E-state index contributed by atoms with van der Waals surface area (Å²) in [6, 6.07) is 7.78. The third kappa shape index (κ3) is 3.41. The van der Waals surface area contributed by atoms with Gasteiger partial charge in [-0.3, -0.25) is 0 Å². The van der Waals surface area contributed by atoms with Crippen molar-refractivity contribution < 1.29 is 4.79 Å². The summed E-state index contributed by atoms with van der Waals surface area (Å²) in [6.07, 6.45) is 4.14. The highest BCUT2D eigenvalue weighted by Crippen LogP contribution is 2.45. The van der Waals surface area contributed by atoms with Gasteiger partial charge in [-0.15, -0.1) is 0 Å². The van der Waals surface area contributed by atoms with Crippen molar-refractivity contribution >= 4 is 17.6 Å². The number of nitrogens with zero attached hydrogens (tertiary/aromatic N) is 1. The van der Waals surface area contributed by atoms with E-state index in [-0.39, 0.29) is 11.6 Å². The van der Waals surface area contributed by atoms with Crippen LogP contribution in [-0.4, -0.2) is 24.5 Å². The molecule has 1 saturated carbocycles. The van der Waals surface area contributed by atoms with E-state index in [4.69, 9.17) is 11.6 Å². The van der Waals surface area contributed by atoms with Gasteiger partial charge in [0, 0.05) is 18.6 Å². The fourth-order valence-electron chi connectivity index (χ4n) is 2.18. The van der Waals surface area contributed by atoms with Crippen molar-refractivity contribution in [2.75, 3.05) is 13.6 Å². The Hall–Kier alpha value is -1.22. The van der Waals surface area contributed by atoms with Gasteiger partial charge in [0.1, 0.15) is 0 Å². The van der Waals surface area contributed by atoms with E-state index in [1.54, 1.807) is 4.90 Å². The normalized spacial score (nSPS) is 15.9. The minimum atomic E-state index is -0.165. The highest BCUT2D eigenvalue weighted by molar-refractivity contribution is 6.30. The molecule has 1 aromatic carbocycles. The molecule has 0 heterocycles. The number of nitrogens with one attached hydrogen (secondary N) is 1. The molecular weight excluding hydrogens is 260 g/mol. The Morgan fingerprint density at radius 1 is 1.37 bits per heavy atom. The molecule has 0 aromatic heterocycles. The van der Waals surface area contributed by atoms with Crippen LogP contribution in [0, 0.1) is 0 Å². The summed E-state index contributed by atoms with van der Waals surface area (Å²) in [5.41, 5.74) is 0.983. The second-order valence-electron chi connectivity index (χ2n) is 5.29. The van der Waals surface area contributed by atoms with Crippen LogP contribution in [0.3, 0.4) is 0 Å². The van der Waals surface area contributed by atoms with E-state index in [0.29, 0.717) is 0 Å². The lowest BCUT2D eigenvalue weighted by atomic mass is 10.1. The van der Waals surface area contributed by atoms with Gasteiger partial charge in [0.05, 0.1) is 5.54 Å². The fraction of sp³-hybridized carbons (Fsp3) is 0.533. The summed E-state index contributed by atoms with van der Waals surface area (Å²) in [5.74, 6) is 0. The van der Waals surface area contributed by atoms with Gasteiger partial charge in [-0.25, -0.2) is 4.79 Å². The summed E-state index contributed by atoms with van der Waals surface area (Å²) in [4.78, 5) is 13.9. The van der Waals surface area contributed by atoms with Crippen molar-refractivity contribution in [1.82, 2.24) is 10.2 Å². The molecular formula is C15H21ClN2O. The smallest absolute Gasteiger partial charge is 0.317 e. The zero-order valence-electron chi connectivity index (χ0n) is 11.6. The summed E-state index contributed by atoms with van der Waals surface area (Å²) in [6.45, 7) is 2.93. The lowest BCUT2D eigenvalue weighted by Crippen LogP contribution is -2.43. The molecule has 3 nitrogen and oxygen atoms in total. The number of carbonyl (C=O) groups is 1. The Labute approximate surface area is 119 Å². The predicted molar refractivity (Wildman–Crippen MR) is 78.4 cm³/mol.